The number of anilines is 2. The zero-order valence-corrected chi connectivity index (χ0v) is 15.2. The first-order valence-electron chi connectivity index (χ1n) is 8.57. The number of esters is 1. The van der Waals surface area contributed by atoms with Crippen molar-refractivity contribution in [1.82, 2.24) is 9.97 Å². The van der Waals surface area contributed by atoms with Crippen molar-refractivity contribution in [2.24, 2.45) is 0 Å². The third-order valence-corrected chi connectivity index (χ3v) is 4.10. The Morgan fingerprint density at radius 2 is 1.89 bits per heavy atom. The molecule has 0 amide bonds. The molecule has 0 unspecified atom stereocenters. The van der Waals surface area contributed by atoms with Crippen LogP contribution in [0.1, 0.15) is 21.5 Å². The molecule has 28 heavy (non-hydrogen) atoms. The normalized spacial score (nSPS) is 10.2. The minimum atomic E-state index is -0.429. The quantitative estimate of drug-likeness (QED) is 0.638. The lowest BCUT2D eigenvalue weighted by Crippen LogP contribution is -2.02. The molecule has 0 aliphatic rings. The zero-order valence-electron chi connectivity index (χ0n) is 15.2. The summed E-state index contributed by atoms with van der Waals surface area (Å²) in [4.78, 5) is 20.2. The second kappa shape index (κ2) is 8.75. The van der Waals surface area contributed by atoms with Gasteiger partial charge in [0.05, 0.1) is 30.1 Å². The predicted octanol–water partition coefficient (Wildman–Crippen LogP) is 3.08. The van der Waals surface area contributed by atoms with Gasteiger partial charge in [-0.25, -0.2) is 14.8 Å². The fraction of sp³-hybridized carbons (Fsp3) is 0.143. The molecule has 1 aromatic heterocycles. The number of nitrogens with one attached hydrogen (secondary N) is 1. The van der Waals surface area contributed by atoms with E-state index in [1.54, 1.807) is 24.3 Å². The van der Waals surface area contributed by atoms with E-state index in [0.717, 1.165) is 11.3 Å². The van der Waals surface area contributed by atoms with E-state index in [-0.39, 0.29) is 6.61 Å². The molecular weight excluding hydrogens is 356 g/mol. The number of aliphatic hydroxyl groups is 1. The number of nitrogens with zero attached hydrogens (tertiary/aromatic N) is 3. The number of benzene rings is 2. The van der Waals surface area contributed by atoms with Gasteiger partial charge >= 0.3 is 5.97 Å². The van der Waals surface area contributed by atoms with Crippen LogP contribution in [0, 0.1) is 11.3 Å². The van der Waals surface area contributed by atoms with Crippen molar-refractivity contribution >= 4 is 17.6 Å². The number of ether oxygens (including phenoxy) is 1. The number of methoxy groups -OCH3 is 1. The molecular formula is C21H18N4O3. The SMILES string of the molecule is COC(=O)c1ccc(-c2nc(Nc3ccc(CCO)cc3)ncc2C#N)cc1. The van der Waals surface area contributed by atoms with Gasteiger partial charge in [-0.05, 0) is 36.2 Å². The van der Waals surface area contributed by atoms with E-state index >= 15 is 0 Å². The van der Waals surface area contributed by atoms with Crippen molar-refractivity contribution in [1.29, 1.82) is 5.26 Å². The Bertz CT molecular complexity index is 1010. The van der Waals surface area contributed by atoms with Gasteiger partial charge in [-0.1, -0.05) is 24.3 Å². The summed E-state index contributed by atoms with van der Waals surface area (Å²) in [5.74, 6) is -0.0808. The summed E-state index contributed by atoms with van der Waals surface area (Å²) in [6.07, 6.45) is 2.05. The number of nitriles is 1. The zero-order chi connectivity index (χ0) is 19.9. The largest absolute Gasteiger partial charge is 0.465 e. The third kappa shape index (κ3) is 4.31. The Balaban J connectivity index is 1.87. The van der Waals surface area contributed by atoms with Gasteiger partial charge < -0.3 is 15.2 Å². The summed E-state index contributed by atoms with van der Waals surface area (Å²) in [7, 11) is 1.32. The summed E-state index contributed by atoms with van der Waals surface area (Å²) in [5, 5.41) is 21.5. The summed E-state index contributed by atoms with van der Waals surface area (Å²) < 4.78 is 4.70. The Morgan fingerprint density at radius 3 is 2.50 bits per heavy atom. The van der Waals surface area contributed by atoms with Crippen molar-refractivity contribution in [2.45, 2.75) is 6.42 Å². The number of aromatic nitrogens is 2. The van der Waals surface area contributed by atoms with Crippen molar-refractivity contribution in [2.75, 3.05) is 19.0 Å². The van der Waals surface area contributed by atoms with Crippen LogP contribution in [0.25, 0.3) is 11.3 Å². The van der Waals surface area contributed by atoms with E-state index < -0.39 is 5.97 Å². The fourth-order valence-electron chi connectivity index (χ4n) is 2.64. The summed E-state index contributed by atoms with van der Waals surface area (Å²) in [5.41, 5.74) is 3.72. The minimum Gasteiger partial charge on any atom is -0.465 e. The predicted molar refractivity (Wildman–Crippen MR) is 104 cm³/mol. The van der Waals surface area contributed by atoms with Crippen LogP contribution in [-0.2, 0) is 11.2 Å². The first kappa shape index (κ1) is 19.0. The number of carbonyl (C=O) groups is 1. The van der Waals surface area contributed by atoms with E-state index in [1.165, 1.54) is 13.3 Å². The van der Waals surface area contributed by atoms with Crippen LogP contribution >= 0.6 is 0 Å². The van der Waals surface area contributed by atoms with E-state index in [1.807, 2.05) is 24.3 Å². The van der Waals surface area contributed by atoms with Gasteiger partial charge in [0, 0.05) is 17.9 Å². The first-order valence-corrected chi connectivity index (χ1v) is 8.57. The van der Waals surface area contributed by atoms with Gasteiger partial charge in [0.2, 0.25) is 5.95 Å². The average Bonchev–Trinajstić information content (AvgIpc) is 2.75. The van der Waals surface area contributed by atoms with E-state index in [0.29, 0.717) is 34.8 Å². The molecule has 0 saturated carbocycles. The van der Waals surface area contributed by atoms with Gasteiger partial charge in [0.1, 0.15) is 6.07 Å². The summed E-state index contributed by atoms with van der Waals surface area (Å²) in [6, 6.07) is 16.3. The van der Waals surface area contributed by atoms with Crippen molar-refractivity contribution in [3.63, 3.8) is 0 Å². The van der Waals surface area contributed by atoms with E-state index in [4.69, 9.17) is 9.84 Å². The lowest BCUT2D eigenvalue weighted by atomic mass is 10.1. The van der Waals surface area contributed by atoms with Crippen LogP contribution in [-0.4, -0.2) is 34.8 Å². The topological polar surface area (TPSA) is 108 Å². The summed E-state index contributed by atoms with van der Waals surface area (Å²) in [6.45, 7) is 0.101. The number of aliphatic hydroxyl groups excluding tert-OH is 1. The van der Waals surface area contributed by atoms with Crippen LogP contribution in [0.2, 0.25) is 0 Å². The first-order chi connectivity index (χ1) is 13.6. The fourth-order valence-corrected chi connectivity index (χ4v) is 2.64. The molecule has 0 aliphatic heterocycles. The molecule has 0 radical (unpaired) electrons. The summed E-state index contributed by atoms with van der Waals surface area (Å²) >= 11 is 0. The van der Waals surface area contributed by atoms with E-state index in [2.05, 4.69) is 21.4 Å². The molecule has 0 saturated heterocycles. The number of hydrogen-bond donors (Lipinski definition) is 2. The van der Waals surface area contributed by atoms with Crippen LogP contribution in [0.3, 0.4) is 0 Å². The maximum absolute atomic E-state index is 11.6. The average molecular weight is 374 g/mol. The Kier molecular flexibility index (Phi) is 5.94. The van der Waals surface area contributed by atoms with Crippen LogP contribution < -0.4 is 5.32 Å². The highest BCUT2D eigenvalue weighted by Crippen LogP contribution is 2.24. The molecule has 7 heteroatoms. The molecule has 3 aromatic rings. The number of rotatable bonds is 6. The van der Waals surface area contributed by atoms with Gasteiger partial charge in [-0.15, -0.1) is 0 Å². The van der Waals surface area contributed by atoms with Crippen molar-refractivity contribution in [3.05, 3.63) is 71.4 Å². The monoisotopic (exact) mass is 374 g/mol. The highest BCUT2D eigenvalue weighted by molar-refractivity contribution is 5.90. The molecule has 1 heterocycles. The molecule has 0 atom stereocenters. The maximum Gasteiger partial charge on any atom is 0.337 e. The van der Waals surface area contributed by atoms with Crippen molar-refractivity contribution < 1.29 is 14.6 Å². The van der Waals surface area contributed by atoms with Crippen LogP contribution in [0.5, 0.6) is 0 Å². The molecule has 0 aliphatic carbocycles. The molecule has 3 rings (SSSR count). The Morgan fingerprint density at radius 1 is 1.18 bits per heavy atom. The minimum absolute atomic E-state index is 0.101. The molecule has 0 fully saturated rings. The molecule has 2 N–H and O–H groups in total. The standard InChI is InChI=1S/C21H18N4O3/c1-28-20(27)16-6-4-15(5-7-16)19-17(12-22)13-23-21(25-19)24-18-8-2-14(3-9-18)10-11-26/h2-9,13,26H,10-11H2,1H3,(H,23,24,25). The lowest BCUT2D eigenvalue weighted by molar-refractivity contribution is 0.0600. The van der Waals surface area contributed by atoms with Crippen molar-refractivity contribution in [3.8, 4) is 17.3 Å². The van der Waals surface area contributed by atoms with Gasteiger partial charge in [0.15, 0.2) is 0 Å². The second-order valence-corrected chi connectivity index (χ2v) is 5.93. The third-order valence-electron chi connectivity index (χ3n) is 4.10. The van der Waals surface area contributed by atoms with Crippen LogP contribution in [0.4, 0.5) is 11.6 Å². The van der Waals surface area contributed by atoms with Gasteiger partial charge in [0.25, 0.3) is 0 Å². The number of hydrogen-bond acceptors (Lipinski definition) is 7. The Hall–Kier alpha value is -3.76. The van der Waals surface area contributed by atoms with E-state index in [9.17, 15) is 10.1 Å². The Labute approximate surface area is 162 Å². The van der Waals surface area contributed by atoms with Gasteiger partial charge in [-0.3, -0.25) is 0 Å². The number of carbonyl (C=O) groups excluding carboxylic acids is 1. The van der Waals surface area contributed by atoms with Crippen LogP contribution in [0.15, 0.2) is 54.7 Å². The molecule has 0 bridgehead atoms. The lowest BCUT2D eigenvalue weighted by Gasteiger charge is -2.09. The highest BCUT2D eigenvalue weighted by atomic mass is 16.5. The molecule has 2 aromatic carbocycles. The molecule has 0 spiro atoms. The van der Waals surface area contributed by atoms with Gasteiger partial charge in [-0.2, -0.15) is 5.26 Å². The second-order valence-electron chi connectivity index (χ2n) is 5.93. The molecule has 7 nitrogen and oxygen atoms in total. The molecule has 140 valence electrons. The smallest absolute Gasteiger partial charge is 0.337 e. The highest BCUT2D eigenvalue weighted by Gasteiger charge is 2.12. The maximum atomic E-state index is 11.6.